The molecular formula is C16H26O2. The zero-order chi connectivity index (χ0) is 12.8. The first-order chi connectivity index (χ1) is 8.63. The number of carbonyl (C=O) groups is 1. The quantitative estimate of drug-likeness (QED) is 0.711. The van der Waals surface area contributed by atoms with Crippen LogP contribution >= 0.6 is 0 Å². The van der Waals surface area contributed by atoms with Gasteiger partial charge in [-0.05, 0) is 61.7 Å². The first-order valence-corrected chi connectivity index (χ1v) is 7.68. The van der Waals surface area contributed by atoms with E-state index in [1.165, 1.54) is 32.1 Å². The van der Waals surface area contributed by atoms with Crippen LogP contribution in [0.3, 0.4) is 0 Å². The lowest BCUT2D eigenvalue weighted by Gasteiger charge is -2.56. The highest BCUT2D eigenvalue weighted by Crippen LogP contribution is 2.58. The van der Waals surface area contributed by atoms with Gasteiger partial charge in [-0.25, -0.2) is 0 Å². The number of carbonyl (C=O) groups excluding carboxylic acids is 1. The summed E-state index contributed by atoms with van der Waals surface area (Å²) in [4.78, 5) is 11.7. The molecule has 0 spiro atoms. The topological polar surface area (TPSA) is 26.3 Å². The van der Waals surface area contributed by atoms with Gasteiger partial charge in [0.05, 0.1) is 6.10 Å². The van der Waals surface area contributed by atoms with E-state index in [4.69, 9.17) is 4.74 Å². The fraction of sp³-hybridized carbons (Fsp3) is 0.938. The molecule has 3 fully saturated rings. The van der Waals surface area contributed by atoms with Gasteiger partial charge < -0.3 is 4.74 Å². The van der Waals surface area contributed by atoms with E-state index >= 15 is 0 Å². The van der Waals surface area contributed by atoms with Crippen LogP contribution in [0.1, 0.15) is 58.3 Å². The summed E-state index contributed by atoms with van der Waals surface area (Å²) in [6.45, 7) is 2.47. The standard InChI is InChI=1S/C16H26O2/c1-16-8-7-13(17)9-12(16)5-3-11-4-6-14(18-2)10-15(11)16/h11-12,14-15H,3-10H2,1-2H3/t11?,12-,14?,15?,16-/m1/s1. The van der Waals surface area contributed by atoms with Crippen LogP contribution in [0.2, 0.25) is 0 Å². The number of ether oxygens (including phenoxy) is 1. The van der Waals surface area contributed by atoms with Crippen molar-refractivity contribution in [1.82, 2.24) is 0 Å². The predicted molar refractivity (Wildman–Crippen MR) is 71.3 cm³/mol. The second kappa shape index (κ2) is 4.63. The Hall–Kier alpha value is -0.370. The number of hydrogen-bond acceptors (Lipinski definition) is 2. The Labute approximate surface area is 110 Å². The molecule has 0 heterocycles. The minimum absolute atomic E-state index is 0.425. The van der Waals surface area contributed by atoms with Crippen LogP contribution in [0.4, 0.5) is 0 Å². The van der Waals surface area contributed by atoms with Crippen LogP contribution in [0.5, 0.6) is 0 Å². The number of Topliss-reactive ketones (excluding diaryl/α,β-unsaturated/α-hetero) is 1. The number of ketones is 1. The lowest BCUT2D eigenvalue weighted by Crippen LogP contribution is -2.50. The fourth-order valence-electron chi connectivity index (χ4n) is 5.12. The number of fused-ring (bicyclic) bond motifs is 3. The molecule has 0 aromatic carbocycles. The molecule has 3 saturated carbocycles. The molecule has 0 amide bonds. The van der Waals surface area contributed by atoms with Gasteiger partial charge in [0.15, 0.2) is 0 Å². The van der Waals surface area contributed by atoms with Gasteiger partial charge in [0.2, 0.25) is 0 Å². The molecular weight excluding hydrogens is 224 g/mol. The van der Waals surface area contributed by atoms with Crippen molar-refractivity contribution in [3.63, 3.8) is 0 Å². The third-order valence-electron chi connectivity index (χ3n) is 6.36. The molecule has 0 aliphatic heterocycles. The molecule has 18 heavy (non-hydrogen) atoms. The van der Waals surface area contributed by atoms with E-state index in [1.807, 2.05) is 7.11 Å². The Morgan fingerprint density at radius 1 is 1.22 bits per heavy atom. The van der Waals surface area contributed by atoms with Crippen LogP contribution in [0.15, 0.2) is 0 Å². The van der Waals surface area contributed by atoms with Gasteiger partial charge in [0.1, 0.15) is 5.78 Å². The van der Waals surface area contributed by atoms with E-state index in [1.54, 1.807) is 0 Å². The maximum atomic E-state index is 11.7. The van der Waals surface area contributed by atoms with Crippen molar-refractivity contribution in [1.29, 1.82) is 0 Å². The van der Waals surface area contributed by atoms with E-state index < -0.39 is 0 Å². The molecule has 0 aromatic heterocycles. The second-order valence-electron chi connectivity index (χ2n) is 7.06. The Bertz CT molecular complexity index is 338. The normalized spacial score (nSPS) is 48.4. The third-order valence-corrected chi connectivity index (χ3v) is 6.36. The molecule has 3 unspecified atom stereocenters. The van der Waals surface area contributed by atoms with Gasteiger partial charge in [-0.1, -0.05) is 6.92 Å². The van der Waals surface area contributed by atoms with Gasteiger partial charge >= 0.3 is 0 Å². The average molecular weight is 250 g/mol. The summed E-state index contributed by atoms with van der Waals surface area (Å²) >= 11 is 0. The number of methoxy groups -OCH3 is 1. The van der Waals surface area contributed by atoms with Crippen LogP contribution in [-0.4, -0.2) is 19.0 Å². The Morgan fingerprint density at radius 3 is 2.78 bits per heavy atom. The van der Waals surface area contributed by atoms with Crippen LogP contribution in [0, 0.1) is 23.2 Å². The highest BCUT2D eigenvalue weighted by atomic mass is 16.5. The van der Waals surface area contributed by atoms with Crippen molar-refractivity contribution in [2.24, 2.45) is 23.2 Å². The van der Waals surface area contributed by atoms with Gasteiger partial charge in [0.25, 0.3) is 0 Å². The molecule has 0 radical (unpaired) electrons. The van der Waals surface area contributed by atoms with Crippen molar-refractivity contribution in [2.45, 2.75) is 64.4 Å². The Balaban J connectivity index is 1.82. The first kappa shape index (κ1) is 12.7. The second-order valence-corrected chi connectivity index (χ2v) is 7.06. The summed E-state index contributed by atoms with van der Waals surface area (Å²) in [5.41, 5.74) is 0.425. The maximum Gasteiger partial charge on any atom is 0.133 e. The monoisotopic (exact) mass is 250 g/mol. The molecule has 0 saturated heterocycles. The Morgan fingerprint density at radius 2 is 2.00 bits per heavy atom. The largest absolute Gasteiger partial charge is 0.381 e. The van der Waals surface area contributed by atoms with E-state index in [-0.39, 0.29) is 0 Å². The molecule has 2 heteroatoms. The lowest BCUT2D eigenvalue weighted by atomic mass is 9.49. The zero-order valence-corrected chi connectivity index (χ0v) is 11.8. The zero-order valence-electron chi connectivity index (χ0n) is 11.8. The van der Waals surface area contributed by atoms with Crippen molar-refractivity contribution in [3.05, 3.63) is 0 Å². The third kappa shape index (κ3) is 1.93. The maximum absolute atomic E-state index is 11.7. The van der Waals surface area contributed by atoms with Crippen molar-refractivity contribution < 1.29 is 9.53 Å². The highest BCUT2D eigenvalue weighted by molar-refractivity contribution is 5.79. The fourth-order valence-corrected chi connectivity index (χ4v) is 5.12. The summed E-state index contributed by atoms with van der Waals surface area (Å²) in [6.07, 6.45) is 9.77. The molecule has 2 nitrogen and oxygen atoms in total. The molecule has 0 aromatic rings. The van der Waals surface area contributed by atoms with Gasteiger partial charge in [-0.2, -0.15) is 0 Å². The smallest absolute Gasteiger partial charge is 0.133 e. The molecule has 102 valence electrons. The van der Waals surface area contributed by atoms with Crippen molar-refractivity contribution in [3.8, 4) is 0 Å². The highest BCUT2D eigenvalue weighted by Gasteiger charge is 2.51. The van der Waals surface area contributed by atoms with E-state index in [9.17, 15) is 4.79 Å². The summed E-state index contributed by atoms with van der Waals surface area (Å²) in [6, 6.07) is 0. The van der Waals surface area contributed by atoms with E-state index in [0.29, 0.717) is 23.2 Å². The number of rotatable bonds is 1. The van der Waals surface area contributed by atoms with Crippen LogP contribution in [0.25, 0.3) is 0 Å². The number of hydrogen-bond donors (Lipinski definition) is 0. The van der Waals surface area contributed by atoms with Gasteiger partial charge in [-0.3, -0.25) is 4.79 Å². The minimum Gasteiger partial charge on any atom is -0.381 e. The summed E-state index contributed by atoms with van der Waals surface area (Å²) in [7, 11) is 1.86. The molecule has 3 aliphatic rings. The molecule has 0 bridgehead atoms. The molecule has 5 atom stereocenters. The average Bonchev–Trinajstić information content (AvgIpc) is 2.39. The minimum atomic E-state index is 0.425. The summed E-state index contributed by atoms with van der Waals surface area (Å²) < 4.78 is 5.62. The summed E-state index contributed by atoms with van der Waals surface area (Å²) in [5, 5.41) is 0. The van der Waals surface area contributed by atoms with E-state index in [0.717, 1.165) is 31.1 Å². The van der Waals surface area contributed by atoms with Gasteiger partial charge in [0, 0.05) is 20.0 Å². The van der Waals surface area contributed by atoms with Gasteiger partial charge in [-0.15, -0.1) is 0 Å². The van der Waals surface area contributed by atoms with Crippen molar-refractivity contribution >= 4 is 5.78 Å². The van der Waals surface area contributed by atoms with E-state index in [2.05, 4.69) is 6.92 Å². The molecule has 3 rings (SSSR count). The first-order valence-electron chi connectivity index (χ1n) is 7.68. The molecule has 3 aliphatic carbocycles. The van der Waals surface area contributed by atoms with Crippen LogP contribution in [-0.2, 0) is 9.53 Å². The van der Waals surface area contributed by atoms with Crippen molar-refractivity contribution in [2.75, 3.05) is 7.11 Å². The van der Waals surface area contributed by atoms with Crippen LogP contribution < -0.4 is 0 Å². The SMILES string of the molecule is COC1CCC2CC[C@@H]3CC(=O)CC[C@@]3(C)C2C1. The predicted octanol–water partition coefficient (Wildman–Crippen LogP) is 3.59. The lowest BCUT2D eigenvalue weighted by molar-refractivity contribution is -0.134. The molecule has 0 N–H and O–H groups in total. The summed E-state index contributed by atoms with van der Waals surface area (Å²) in [5.74, 6) is 2.89. The Kier molecular flexibility index (Phi) is 3.25.